The third kappa shape index (κ3) is 4.95. The monoisotopic (exact) mass is 180 g/mol. The van der Waals surface area contributed by atoms with Gasteiger partial charge in [-0.2, -0.15) is 0 Å². The normalized spacial score (nSPS) is 10.8. The van der Waals surface area contributed by atoms with Crippen LogP contribution in [0.5, 0.6) is 0 Å². The highest BCUT2D eigenvalue weighted by atomic mass is 14.2. The predicted octanol–water partition coefficient (Wildman–Crippen LogP) is 4.71. The minimum atomic E-state index is 0.322. The van der Waals surface area contributed by atoms with E-state index in [1.165, 1.54) is 31.3 Å². The fourth-order valence-electron chi connectivity index (χ4n) is 0.992. The van der Waals surface area contributed by atoms with Gasteiger partial charge < -0.3 is 0 Å². The molecule has 0 heterocycles. The average Bonchev–Trinajstić information content (AvgIpc) is 2.12. The Hall–Kier alpha value is -0.480. The van der Waals surface area contributed by atoms with E-state index in [1.54, 1.807) is 0 Å². The molecule has 0 amide bonds. The van der Waals surface area contributed by atoms with Crippen molar-refractivity contribution in [2.24, 2.45) is 5.41 Å². The highest BCUT2D eigenvalue weighted by Gasteiger charge is 2.16. The van der Waals surface area contributed by atoms with Crippen molar-refractivity contribution in [2.75, 3.05) is 0 Å². The van der Waals surface area contributed by atoms with Gasteiger partial charge in [0.25, 0.3) is 0 Å². The SMILES string of the molecule is CCCCC=C=C(C)C(C)(C)CC. The summed E-state index contributed by atoms with van der Waals surface area (Å²) in [5, 5.41) is 0. The van der Waals surface area contributed by atoms with Crippen LogP contribution in [0.4, 0.5) is 0 Å². The van der Waals surface area contributed by atoms with Crippen molar-refractivity contribution in [1.82, 2.24) is 0 Å². The summed E-state index contributed by atoms with van der Waals surface area (Å²) in [6.45, 7) is 11.2. The van der Waals surface area contributed by atoms with Crippen LogP contribution >= 0.6 is 0 Å². The Morgan fingerprint density at radius 1 is 1.31 bits per heavy atom. The molecule has 0 unspecified atom stereocenters. The molecule has 0 aliphatic heterocycles. The Morgan fingerprint density at radius 2 is 1.92 bits per heavy atom. The Balaban J connectivity index is 4.22. The molecule has 13 heavy (non-hydrogen) atoms. The Bertz CT molecular complexity index is 190. The van der Waals surface area contributed by atoms with Gasteiger partial charge in [0.2, 0.25) is 0 Å². The lowest BCUT2D eigenvalue weighted by atomic mass is 9.83. The minimum absolute atomic E-state index is 0.322. The van der Waals surface area contributed by atoms with E-state index >= 15 is 0 Å². The van der Waals surface area contributed by atoms with Gasteiger partial charge in [-0.15, -0.1) is 5.73 Å². The molecule has 0 radical (unpaired) electrons. The van der Waals surface area contributed by atoms with Crippen LogP contribution in [0, 0.1) is 5.41 Å². The van der Waals surface area contributed by atoms with Crippen LogP contribution in [-0.4, -0.2) is 0 Å². The fraction of sp³-hybridized carbons (Fsp3) is 0.769. The lowest BCUT2D eigenvalue weighted by Crippen LogP contribution is -2.09. The van der Waals surface area contributed by atoms with Gasteiger partial charge >= 0.3 is 0 Å². The first kappa shape index (κ1) is 12.5. The summed E-state index contributed by atoms with van der Waals surface area (Å²) in [7, 11) is 0. The predicted molar refractivity (Wildman–Crippen MR) is 60.9 cm³/mol. The van der Waals surface area contributed by atoms with E-state index in [1.807, 2.05) is 0 Å². The second kappa shape index (κ2) is 6.05. The van der Waals surface area contributed by atoms with Crippen LogP contribution in [-0.2, 0) is 0 Å². The topological polar surface area (TPSA) is 0 Å². The molecule has 0 aromatic heterocycles. The molecular formula is C13H24. The molecule has 0 aliphatic carbocycles. The summed E-state index contributed by atoms with van der Waals surface area (Å²) in [6.07, 6.45) is 7.11. The molecule has 0 heteroatoms. The second-order valence-corrected chi connectivity index (χ2v) is 4.35. The molecule has 0 rings (SSSR count). The number of hydrogen-bond donors (Lipinski definition) is 0. The van der Waals surface area contributed by atoms with Gasteiger partial charge in [-0.25, -0.2) is 0 Å². The second-order valence-electron chi connectivity index (χ2n) is 4.35. The molecule has 0 N–H and O–H groups in total. The molecule has 0 fully saturated rings. The van der Waals surface area contributed by atoms with Crippen LogP contribution in [0.25, 0.3) is 0 Å². The van der Waals surface area contributed by atoms with Gasteiger partial charge in [-0.1, -0.05) is 34.1 Å². The van der Waals surface area contributed by atoms with E-state index in [0.717, 1.165) is 0 Å². The van der Waals surface area contributed by atoms with Gasteiger partial charge in [0, 0.05) is 0 Å². The maximum atomic E-state index is 3.40. The number of allylic oxidation sites excluding steroid dienone is 1. The summed E-state index contributed by atoms with van der Waals surface area (Å²) >= 11 is 0. The van der Waals surface area contributed by atoms with Crippen molar-refractivity contribution in [3.8, 4) is 0 Å². The first-order chi connectivity index (χ1) is 6.04. The molecular weight excluding hydrogens is 156 g/mol. The lowest BCUT2D eigenvalue weighted by Gasteiger charge is -2.21. The van der Waals surface area contributed by atoms with E-state index < -0.39 is 0 Å². The van der Waals surface area contributed by atoms with Crippen molar-refractivity contribution in [3.63, 3.8) is 0 Å². The Labute approximate surface area is 83.7 Å². The van der Waals surface area contributed by atoms with Crippen LogP contribution < -0.4 is 0 Å². The summed E-state index contributed by atoms with van der Waals surface area (Å²) in [6, 6.07) is 0. The molecule has 0 atom stereocenters. The molecule has 0 aliphatic rings. The van der Waals surface area contributed by atoms with Crippen molar-refractivity contribution in [3.05, 3.63) is 17.4 Å². The zero-order chi connectivity index (χ0) is 10.3. The van der Waals surface area contributed by atoms with Crippen LogP contribution in [0.15, 0.2) is 17.4 Å². The number of unbranched alkanes of at least 4 members (excludes halogenated alkanes) is 2. The quantitative estimate of drug-likeness (QED) is 0.424. The van der Waals surface area contributed by atoms with Gasteiger partial charge in [-0.3, -0.25) is 0 Å². The molecule has 0 nitrogen and oxygen atoms in total. The zero-order valence-corrected chi connectivity index (χ0v) is 9.91. The van der Waals surface area contributed by atoms with E-state index in [-0.39, 0.29) is 0 Å². The van der Waals surface area contributed by atoms with Crippen molar-refractivity contribution < 1.29 is 0 Å². The largest absolute Gasteiger partial charge is 0.126 e. The summed E-state index contributed by atoms with van der Waals surface area (Å²) in [5.74, 6) is 0. The van der Waals surface area contributed by atoms with Crippen molar-refractivity contribution in [1.29, 1.82) is 0 Å². The molecule has 0 aromatic rings. The highest BCUT2D eigenvalue weighted by molar-refractivity contribution is 5.08. The van der Waals surface area contributed by atoms with Crippen molar-refractivity contribution in [2.45, 2.75) is 60.3 Å². The maximum absolute atomic E-state index is 3.40. The van der Waals surface area contributed by atoms with Crippen LogP contribution in [0.3, 0.4) is 0 Å². The zero-order valence-electron chi connectivity index (χ0n) is 9.91. The highest BCUT2D eigenvalue weighted by Crippen LogP contribution is 2.28. The fourth-order valence-corrected chi connectivity index (χ4v) is 0.992. The van der Waals surface area contributed by atoms with Crippen LogP contribution in [0.1, 0.15) is 60.3 Å². The number of hydrogen-bond acceptors (Lipinski definition) is 0. The first-order valence-electron chi connectivity index (χ1n) is 5.46. The molecule has 0 saturated heterocycles. The van der Waals surface area contributed by atoms with E-state index in [9.17, 15) is 0 Å². The summed E-state index contributed by atoms with van der Waals surface area (Å²) in [5.41, 5.74) is 5.10. The van der Waals surface area contributed by atoms with Crippen molar-refractivity contribution >= 4 is 0 Å². The molecule has 0 saturated carbocycles. The minimum Gasteiger partial charge on any atom is -0.126 e. The van der Waals surface area contributed by atoms with Crippen LogP contribution in [0.2, 0.25) is 0 Å². The molecule has 76 valence electrons. The van der Waals surface area contributed by atoms with Gasteiger partial charge in [0.1, 0.15) is 0 Å². The van der Waals surface area contributed by atoms with Gasteiger partial charge in [-0.05, 0) is 43.3 Å². The molecule has 0 spiro atoms. The average molecular weight is 180 g/mol. The Morgan fingerprint density at radius 3 is 2.38 bits per heavy atom. The third-order valence-electron chi connectivity index (χ3n) is 2.92. The summed E-state index contributed by atoms with van der Waals surface area (Å²) < 4.78 is 0. The van der Waals surface area contributed by atoms with E-state index in [2.05, 4.69) is 46.4 Å². The molecule has 0 aromatic carbocycles. The maximum Gasteiger partial charge on any atom is -0.00744 e. The standard InChI is InChI=1S/C13H24/c1-6-8-9-10-11-12(3)13(4,5)7-2/h10H,6-9H2,1-5H3. The first-order valence-corrected chi connectivity index (χ1v) is 5.46. The molecule has 0 bridgehead atoms. The van der Waals surface area contributed by atoms with E-state index in [0.29, 0.717) is 5.41 Å². The van der Waals surface area contributed by atoms with Gasteiger partial charge in [0.15, 0.2) is 0 Å². The Kier molecular flexibility index (Phi) is 5.82. The third-order valence-corrected chi connectivity index (χ3v) is 2.92. The van der Waals surface area contributed by atoms with E-state index in [4.69, 9.17) is 0 Å². The lowest BCUT2D eigenvalue weighted by molar-refractivity contribution is 0.430. The number of rotatable bonds is 5. The van der Waals surface area contributed by atoms with Gasteiger partial charge in [0.05, 0.1) is 0 Å². The summed E-state index contributed by atoms with van der Waals surface area (Å²) in [4.78, 5) is 0. The smallest absolute Gasteiger partial charge is 0.00744 e.